The molecular weight excluding hydrogens is 388 g/mol. The normalized spacial score (nSPS) is 23.1. The first-order valence-corrected chi connectivity index (χ1v) is 10.6. The van der Waals surface area contributed by atoms with Crippen LogP contribution in [0.5, 0.6) is 0 Å². The molecular formula is C20H28N6O4. The average molecular weight is 416 g/mol. The second-order valence-corrected chi connectivity index (χ2v) is 8.46. The molecule has 0 saturated carbocycles. The van der Waals surface area contributed by atoms with Gasteiger partial charge in [0.25, 0.3) is 5.91 Å². The van der Waals surface area contributed by atoms with Gasteiger partial charge >= 0.3 is 0 Å². The number of piperidine rings is 1. The maximum atomic E-state index is 12.7. The third-order valence-corrected chi connectivity index (χ3v) is 6.35. The Hall–Kier alpha value is -2.30. The summed E-state index contributed by atoms with van der Waals surface area (Å²) in [5.74, 6) is 0.0286. The summed E-state index contributed by atoms with van der Waals surface area (Å²) in [5.41, 5.74) is 2.17. The van der Waals surface area contributed by atoms with Gasteiger partial charge in [-0.2, -0.15) is 5.10 Å². The standard InChI is InChI=1S/C20H28N6O4/c1-24-10-15(9-21-24)19(27)25-6-4-20(5-7-25)14-26-18(13-30-20)17(22-23-26)12-28-11-16-3-2-8-29-16/h9-10,16H,2-8,11-14H2,1H3. The molecule has 1 amide bonds. The van der Waals surface area contributed by atoms with E-state index < -0.39 is 0 Å². The van der Waals surface area contributed by atoms with Gasteiger partial charge in [0.1, 0.15) is 5.69 Å². The first-order chi connectivity index (χ1) is 14.6. The molecule has 0 N–H and O–H groups in total. The van der Waals surface area contributed by atoms with Crippen molar-refractivity contribution >= 4 is 5.91 Å². The van der Waals surface area contributed by atoms with E-state index in [4.69, 9.17) is 14.2 Å². The van der Waals surface area contributed by atoms with E-state index in [0.29, 0.717) is 45.0 Å². The van der Waals surface area contributed by atoms with Gasteiger partial charge in [0.15, 0.2) is 0 Å². The van der Waals surface area contributed by atoms with Gasteiger partial charge in [-0.3, -0.25) is 9.48 Å². The summed E-state index contributed by atoms with van der Waals surface area (Å²) >= 11 is 0. The minimum absolute atomic E-state index is 0.0286. The Balaban J connectivity index is 1.16. The monoisotopic (exact) mass is 416 g/mol. The Morgan fingerprint density at radius 3 is 2.97 bits per heavy atom. The zero-order valence-electron chi connectivity index (χ0n) is 17.3. The van der Waals surface area contributed by atoms with Crippen molar-refractivity contribution < 1.29 is 19.0 Å². The zero-order chi connectivity index (χ0) is 20.6. The SMILES string of the molecule is Cn1cc(C(=O)N2CCC3(CC2)Cn2nnc(COCC4CCCO4)c2CO3)cn1. The molecule has 0 aromatic carbocycles. The van der Waals surface area contributed by atoms with Crippen LogP contribution in [-0.4, -0.2) is 73.6 Å². The predicted molar refractivity (Wildman–Crippen MR) is 105 cm³/mol. The maximum Gasteiger partial charge on any atom is 0.257 e. The highest BCUT2D eigenvalue weighted by Gasteiger charge is 2.41. The fourth-order valence-corrected chi connectivity index (χ4v) is 4.50. The molecule has 0 bridgehead atoms. The van der Waals surface area contributed by atoms with Crippen LogP contribution in [0.3, 0.4) is 0 Å². The van der Waals surface area contributed by atoms with Gasteiger partial charge in [-0.1, -0.05) is 5.21 Å². The van der Waals surface area contributed by atoms with Crippen LogP contribution in [0.15, 0.2) is 12.4 Å². The molecule has 1 unspecified atom stereocenters. The van der Waals surface area contributed by atoms with Crippen LogP contribution in [0.1, 0.15) is 47.4 Å². The maximum absolute atomic E-state index is 12.7. The van der Waals surface area contributed by atoms with E-state index in [-0.39, 0.29) is 17.6 Å². The molecule has 2 aromatic rings. The zero-order valence-corrected chi connectivity index (χ0v) is 17.3. The van der Waals surface area contributed by atoms with Gasteiger partial charge in [-0.05, 0) is 25.7 Å². The third-order valence-electron chi connectivity index (χ3n) is 6.35. The van der Waals surface area contributed by atoms with Crippen LogP contribution in [0.2, 0.25) is 0 Å². The van der Waals surface area contributed by atoms with Gasteiger partial charge < -0.3 is 19.1 Å². The molecule has 1 spiro atoms. The summed E-state index contributed by atoms with van der Waals surface area (Å²) in [7, 11) is 1.81. The fraction of sp³-hybridized carbons (Fsp3) is 0.700. The summed E-state index contributed by atoms with van der Waals surface area (Å²) in [4.78, 5) is 14.5. The number of nitrogens with zero attached hydrogens (tertiary/aromatic N) is 6. The number of aryl methyl sites for hydroxylation is 1. The molecule has 0 radical (unpaired) electrons. The first kappa shape index (κ1) is 19.7. The molecule has 2 aromatic heterocycles. The van der Waals surface area contributed by atoms with Gasteiger partial charge in [0.2, 0.25) is 0 Å². The largest absolute Gasteiger partial charge is 0.376 e. The molecule has 0 aliphatic carbocycles. The molecule has 162 valence electrons. The summed E-state index contributed by atoms with van der Waals surface area (Å²) < 4.78 is 21.3. The van der Waals surface area contributed by atoms with Crippen molar-refractivity contribution in [2.75, 3.05) is 26.3 Å². The third kappa shape index (κ3) is 3.86. The van der Waals surface area contributed by atoms with Crippen LogP contribution in [-0.2, 0) is 41.0 Å². The van der Waals surface area contributed by atoms with E-state index in [0.717, 1.165) is 43.7 Å². The molecule has 10 nitrogen and oxygen atoms in total. The van der Waals surface area contributed by atoms with Gasteiger partial charge in [0.05, 0.1) is 55.5 Å². The topological polar surface area (TPSA) is 96.5 Å². The minimum atomic E-state index is -0.289. The lowest BCUT2D eigenvalue weighted by Gasteiger charge is -2.43. The Kier molecular flexibility index (Phi) is 5.30. The minimum Gasteiger partial charge on any atom is -0.376 e. The smallest absolute Gasteiger partial charge is 0.257 e. The van der Waals surface area contributed by atoms with Crippen molar-refractivity contribution in [2.24, 2.45) is 7.05 Å². The number of hydrogen-bond acceptors (Lipinski definition) is 7. The molecule has 10 heteroatoms. The van der Waals surface area contributed by atoms with Crippen molar-refractivity contribution in [1.82, 2.24) is 29.7 Å². The Bertz CT molecular complexity index is 895. The number of carbonyl (C=O) groups excluding carboxylic acids is 1. The number of rotatable bonds is 5. The quantitative estimate of drug-likeness (QED) is 0.715. The number of hydrogen-bond donors (Lipinski definition) is 0. The van der Waals surface area contributed by atoms with Gasteiger partial charge in [0, 0.05) is 32.9 Å². The van der Waals surface area contributed by atoms with Crippen molar-refractivity contribution in [3.63, 3.8) is 0 Å². The van der Waals surface area contributed by atoms with E-state index in [2.05, 4.69) is 15.4 Å². The van der Waals surface area contributed by atoms with Crippen molar-refractivity contribution in [1.29, 1.82) is 0 Å². The van der Waals surface area contributed by atoms with Crippen LogP contribution in [0, 0.1) is 0 Å². The second-order valence-electron chi connectivity index (χ2n) is 8.46. The molecule has 5 rings (SSSR count). The first-order valence-electron chi connectivity index (χ1n) is 10.6. The lowest BCUT2D eigenvalue weighted by Crippen LogP contribution is -2.52. The highest BCUT2D eigenvalue weighted by Crippen LogP contribution is 2.34. The van der Waals surface area contributed by atoms with E-state index >= 15 is 0 Å². The molecule has 2 saturated heterocycles. The van der Waals surface area contributed by atoms with Crippen LogP contribution in [0.25, 0.3) is 0 Å². The molecule has 30 heavy (non-hydrogen) atoms. The van der Waals surface area contributed by atoms with E-state index in [1.807, 2.05) is 16.6 Å². The summed E-state index contributed by atoms with van der Waals surface area (Å²) in [6.45, 7) is 4.32. The second kappa shape index (κ2) is 8.09. The van der Waals surface area contributed by atoms with E-state index in [9.17, 15) is 4.79 Å². The Morgan fingerprint density at radius 2 is 2.23 bits per heavy atom. The van der Waals surface area contributed by atoms with Crippen molar-refractivity contribution in [3.8, 4) is 0 Å². The lowest BCUT2D eigenvalue weighted by atomic mass is 9.89. The number of likely N-dealkylation sites (tertiary alicyclic amines) is 1. The molecule has 3 aliphatic heterocycles. The Morgan fingerprint density at radius 1 is 1.37 bits per heavy atom. The average Bonchev–Trinajstić information content (AvgIpc) is 3.50. The van der Waals surface area contributed by atoms with Gasteiger partial charge in [-0.15, -0.1) is 5.10 Å². The van der Waals surface area contributed by atoms with Crippen LogP contribution < -0.4 is 0 Å². The van der Waals surface area contributed by atoms with Crippen molar-refractivity contribution in [3.05, 3.63) is 29.3 Å². The number of ether oxygens (including phenoxy) is 3. The molecule has 5 heterocycles. The molecule has 3 aliphatic rings. The van der Waals surface area contributed by atoms with Gasteiger partial charge in [-0.25, -0.2) is 4.68 Å². The fourth-order valence-electron chi connectivity index (χ4n) is 4.50. The molecule has 1 atom stereocenters. The summed E-state index contributed by atoms with van der Waals surface area (Å²) in [6.07, 6.45) is 7.31. The number of amides is 1. The molecule has 2 fully saturated rings. The van der Waals surface area contributed by atoms with E-state index in [1.165, 1.54) is 0 Å². The predicted octanol–water partition coefficient (Wildman–Crippen LogP) is 0.912. The summed E-state index contributed by atoms with van der Waals surface area (Å²) in [5, 5.41) is 12.8. The van der Waals surface area contributed by atoms with E-state index in [1.54, 1.807) is 17.1 Å². The highest BCUT2D eigenvalue weighted by molar-refractivity contribution is 5.93. The number of fused-ring (bicyclic) bond motifs is 1. The highest BCUT2D eigenvalue weighted by atomic mass is 16.5. The Labute approximate surface area is 175 Å². The lowest BCUT2D eigenvalue weighted by molar-refractivity contribution is -0.120. The number of carbonyl (C=O) groups is 1. The number of aromatic nitrogens is 5. The summed E-state index contributed by atoms with van der Waals surface area (Å²) in [6, 6.07) is 0. The van der Waals surface area contributed by atoms with Crippen LogP contribution >= 0.6 is 0 Å². The van der Waals surface area contributed by atoms with Crippen molar-refractivity contribution in [2.45, 2.75) is 57.1 Å². The van der Waals surface area contributed by atoms with Crippen LogP contribution in [0.4, 0.5) is 0 Å².